The third kappa shape index (κ3) is 14.8. The van der Waals surface area contributed by atoms with Gasteiger partial charge >= 0.3 is 12.1 Å². The van der Waals surface area contributed by atoms with E-state index >= 15 is 0 Å². The maximum absolute atomic E-state index is 12.2. The quantitative estimate of drug-likeness (QED) is 0.348. The smallest absolute Gasteiger partial charge is 0.407 e. The monoisotopic (exact) mass is 357 g/mol. The Labute approximate surface area is 154 Å². The summed E-state index contributed by atoms with van der Waals surface area (Å²) in [6.45, 7) is 10.9. The molecule has 1 unspecified atom stereocenters. The maximum Gasteiger partial charge on any atom is 0.407 e. The van der Waals surface area contributed by atoms with Crippen molar-refractivity contribution in [1.29, 1.82) is 0 Å². The summed E-state index contributed by atoms with van der Waals surface area (Å²) in [4.78, 5) is 24.0. The molecule has 0 aliphatic carbocycles. The predicted molar refractivity (Wildman–Crippen MR) is 102 cm³/mol. The number of esters is 1. The molecule has 5 heteroatoms. The number of carbonyl (C=O) groups excluding carboxylic acids is 2. The van der Waals surface area contributed by atoms with Crippen LogP contribution in [-0.2, 0) is 14.3 Å². The van der Waals surface area contributed by atoms with Gasteiger partial charge < -0.3 is 14.8 Å². The van der Waals surface area contributed by atoms with Crippen LogP contribution >= 0.6 is 0 Å². The summed E-state index contributed by atoms with van der Waals surface area (Å²) in [5, 5.41) is 2.64. The van der Waals surface area contributed by atoms with Crippen molar-refractivity contribution in [2.45, 2.75) is 92.0 Å². The summed E-state index contributed by atoms with van der Waals surface area (Å²) in [6, 6.07) is -0.635. The van der Waals surface area contributed by atoms with Gasteiger partial charge in [-0.25, -0.2) is 9.59 Å². The van der Waals surface area contributed by atoms with E-state index in [0.29, 0.717) is 19.6 Å². The van der Waals surface area contributed by atoms with Gasteiger partial charge in [0.2, 0.25) is 0 Å². The van der Waals surface area contributed by atoms with Crippen LogP contribution in [0.3, 0.4) is 0 Å². The van der Waals surface area contributed by atoms with Crippen molar-refractivity contribution in [3.63, 3.8) is 0 Å². The Morgan fingerprint density at radius 3 is 2.00 bits per heavy atom. The second kappa shape index (κ2) is 15.0. The minimum atomic E-state index is -0.635. The molecule has 1 atom stereocenters. The molecule has 25 heavy (non-hydrogen) atoms. The van der Waals surface area contributed by atoms with Crippen LogP contribution < -0.4 is 5.32 Å². The summed E-state index contributed by atoms with van der Waals surface area (Å²) in [7, 11) is 0. The topological polar surface area (TPSA) is 64.6 Å². The summed E-state index contributed by atoms with van der Waals surface area (Å²) in [6.07, 6.45) is 8.23. The Bertz CT molecular complexity index is 356. The molecular weight excluding hydrogens is 318 g/mol. The van der Waals surface area contributed by atoms with Crippen molar-refractivity contribution in [2.24, 2.45) is 11.8 Å². The fourth-order valence-corrected chi connectivity index (χ4v) is 2.44. The third-order valence-electron chi connectivity index (χ3n) is 3.82. The fourth-order valence-electron chi connectivity index (χ4n) is 2.44. The molecule has 0 heterocycles. The molecule has 0 saturated carbocycles. The summed E-state index contributed by atoms with van der Waals surface area (Å²) in [5.41, 5.74) is 0. The molecule has 1 N–H and O–H groups in total. The van der Waals surface area contributed by atoms with Gasteiger partial charge in [0, 0.05) is 0 Å². The highest BCUT2D eigenvalue weighted by atomic mass is 16.6. The lowest BCUT2D eigenvalue weighted by Crippen LogP contribution is -2.43. The Morgan fingerprint density at radius 2 is 1.44 bits per heavy atom. The largest absolute Gasteiger partial charge is 0.464 e. The number of alkyl carbamates (subject to hydrolysis) is 1. The molecule has 0 aromatic heterocycles. The van der Waals surface area contributed by atoms with Crippen LogP contribution in [0.15, 0.2) is 0 Å². The first-order chi connectivity index (χ1) is 11.9. The first-order valence-electron chi connectivity index (χ1n) is 9.96. The van der Waals surface area contributed by atoms with Gasteiger partial charge in [0.05, 0.1) is 13.2 Å². The minimum Gasteiger partial charge on any atom is -0.464 e. The zero-order valence-corrected chi connectivity index (χ0v) is 16.9. The molecule has 0 aliphatic rings. The molecule has 0 fully saturated rings. The molecule has 0 aromatic carbocycles. The van der Waals surface area contributed by atoms with Gasteiger partial charge in [-0.1, -0.05) is 73.1 Å². The minimum absolute atomic E-state index is 0.263. The summed E-state index contributed by atoms with van der Waals surface area (Å²) < 4.78 is 10.4. The van der Waals surface area contributed by atoms with Crippen molar-refractivity contribution in [1.82, 2.24) is 5.32 Å². The van der Waals surface area contributed by atoms with Gasteiger partial charge in [-0.3, -0.25) is 0 Å². The third-order valence-corrected chi connectivity index (χ3v) is 3.82. The second-order valence-corrected chi connectivity index (χ2v) is 7.61. The number of rotatable bonds is 14. The van der Waals surface area contributed by atoms with E-state index in [1.165, 1.54) is 32.1 Å². The normalized spacial score (nSPS) is 12.3. The van der Waals surface area contributed by atoms with Gasteiger partial charge in [0.15, 0.2) is 0 Å². The van der Waals surface area contributed by atoms with E-state index in [0.717, 1.165) is 12.8 Å². The molecule has 0 spiro atoms. The van der Waals surface area contributed by atoms with Crippen LogP contribution in [0.5, 0.6) is 0 Å². The zero-order valence-electron chi connectivity index (χ0n) is 16.9. The summed E-state index contributed by atoms with van der Waals surface area (Å²) in [5.74, 6) is 0.182. The van der Waals surface area contributed by atoms with E-state index in [9.17, 15) is 9.59 Å². The molecule has 0 saturated heterocycles. The van der Waals surface area contributed by atoms with E-state index in [2.05, 4.69) is 12.2 Å². The van der Waals surface area contributed by atoms with Crippen LogP contribution in [0.4, 0.5) is 4.79 Å². The number of nitrogens with one attached hydrogen (secondary N) is 1. The highest BCUT2D eigenvalue weighted by molar-refractivity contribution is 5.81. The van der Waals surface area contributed by atoms with Gasteiger partial charge in [0.25, 0.3) is 0 Å². The number of amides is 1. The molecular formula is C20H39NO4. The van der Waals surface area contributed by atoms with Crippen LogP contribution in [0, 0.1) is 11.8 Å². The van der Waals surface area contributed by atoms with Gasteiger partial charge in [0.1, 0.15) is 6.04 Å². The van der Waals surface area contributed by atoms with Crippen molar-refractivity contribution in [3.8, 4) is 0 Å². The first-order valence-corrected chi connectivity index (χ1v) is 9.96. The number of carbonyl (C=O) groups is 2. The number of hydrogen-bond acceptors (Lipinski definition) is 4. The lowest BCUT2D eigenvalue weighted by atomic mass is 10.0. The second-order valence-electron chi connectivity index (χ2n) is 7.61. The van der Waals surface area contributed by atoms with Crippen molar-refractivity contribution in [2.75, 3.05) is 13.2 Å². The van der Waals surface area contributed by atoms with Crippen LogP contribution in [0.1, 0.15) is 86.0 Å². The highest BCUT2D eigenvalue weighted by Crippen LogP contribution is 2.09. The molecule has 0 bridgehead atoms. The van der Waals surface area contributed by atoms with E-state index in [1.54, 1.807) is 0 Å². The van der Waals surface area contributed by atoms with Gasteiger partial charge in [-0.05, 0) is 24.7 Å². The molecule has 148 valence electrons. The Balaban J connectivity index is 4.08. The molecule has 0 aliphatic heterocycles. The lowest BCUT2D eigenvalue weighted by Gasteiger charge is -2.19. The average molecular weight is 358 g/mol. The molecule has 5 nitrogen and oxygen atoms in total. The molecule has 1 amide bonds. The van der Waals surface area contributed by atoms with E-state index < -0.39 is 12.1 Å². The highest BCUT2D eigenvalue weighted by Gasteiger charge is 2.24. The van der Waals surface area contributed by atoms with E-state index in [1.807, 2.05) is 27.7 Å². The van der Waals surface area contributed by atoms with Crippen LogP contribution in [0.2, 0.25) is 0 Å². The van der Waals surface area contributed by atoms with E-state index in [4.69, 9.17) is 9.47 Å². The van der Waals surface area contributed by atoms with Crippen molar-refractivity contribution in [3.05, 3.63) is 0 Å². The lowest BCUT2D eigenvalue weighted by molar-refractivity contribution is -0.146. The van der Waals surface area contributed by atoms with E-state index in [-0.39, 0.29) is 17.8 Å². The van der Waals surface area contributed by atoms with Crippen molar-refractivity contribution >= 4 is 12.1 Å². The number of hydrogen-bond donors (Lipinski definition) is 1. The maximum atomic E-state index is 12.2. The molecule has 0 radical (unpaired) electrons. The average Bonchev–Trinajstić information content (AvgIpc) is 2.54. The van der Waals surface area contributed by atoms with Crippen LogP contribution in [0.25, 0.3) is 0 Å². The zero-order chi connectivity index (χ0) is 19.1. The SMILES string of the molecule is CCCCCCCCCOC(=O)C(CC(C)C)NC(=O)OCC(C)C. The number of ether oxygens (including phenoxy) is 2. The summed E-state index contributed by atoms with van der Waals surface area (Å²) >= 11 is 0. The standard InChI is InChI=1S/C20H39NO4/c1-6-7-8-9-10-11-12-13-24-19(22)18(14-16(2)3)21-20(23)25-15-17(4)5/h16-18H,6-15H2,1-5H3,(H,21,23). The van der Waals surface area contributed by atoms with Gasteiger partial charge in [-0.15, -0.1) is 0 Å². The van der Waals surface area contributed by atoms with Crippen LogP contribution in [-0.4, -0.2) is 31.3 Å². The molecule has 0 aromatic rings. The Kier molecular flexibility index (Phi) is 14.3. The van der Waals surface area contributed by atoms with Crippen molar-refractivity contribution < 1.29 is 19.1 Å². The van der Waals surface area contributed by atoms with Gasteiger partial charge in [-0.2, -0.15) is 0 Å². The Morgan fingerprint density at radius 1 is 0.840 bits per heavy atom. The Hall–Kier alpha value is -1.26. The number of unbranched alkanes of at least 4 members (excludes halogenated alkanes) is 6. The first kappa shape index (κ1) is 23.7. The molecule has 0 rings (SSSR count). The predicted octanol–water partition coefficient (Wildman–Crippen LogP) is 5.08. The fraction of sp³-hybridized carbons (Fsp3) is 0.900.